The summed E-state index contributed by atoms with van der Waals surface area (Å²) in [6, 6.07) is 6.92. The number of aryl methyl sites for hydroxylation is 1. The lowest BCUT2D eigenvalue weighted by Crippen LogP contribution is -2.29. The van der Waals surface area contributed by atoms with Crippen LogP contribution in [-0.4, -0.2) is 52.7 Å². The van der Waals surface area contributed by atoms with Crippen LogP contribution >= 0.6 is 27.3 Å². The summed E-state index contributed by atoms with van der Waals surface area (Å²) < 4.78 is 16.4. The molecule has 0 radical (unpaired) electrons. The summed E-state index contributed by atoms with van der Waals surface area (Å²) in [6.45, 7) is 5.37. The number of methoxy groups -OCH3 is 1. The van der Waals surface area contributed by atoms with E-state index < -0.39 is 23.7 Å². The maximum Gasteiger partial charge on any atom is 0.350 e. The minimum Gasteiger partial charge on any atom is -0.507 e. The molecule has 1 saturated heterocycles. The van der Waals surface area contributed by atoms with E-state index in [0.29, 0.717) is 29.0 Å². The van der Waals surface area contributed by atoms with Crippen LogP contribution in [0.1, 0.15) is 51.9 Å². The van der Waals surface area contributed by atoms with Crippen LogP contribution in [-0.2, 0) is 20.7 Å². The van der Waals surface area contributed by atoms with Crippen molar-refractivity contribution in [1.29, 1.82) is 0 Å². The molecule has 1 fully saturated rings. The Kier molecular flexibility index (Phi) is 7.32. The number of fused-ring (bicyclic) bond motifs is 1. The van der Waals surface area contributed by atoms with Gasteiger partial charge in [0.15, 0.2) is 16.6 Å². The number of ketones is 1. The number of amides is 1. The van der Waals surface area contributed by atoms with Crippen molar-refractivity contribution in [3.8, 4) is 17.2 Å². The van der Waals surface area contributed by atoms with E-state index in [1.165, 1.54) is 19.2 Å². The van der Waals surface area contributed by atoms with E-state index in [1.807, 2.05) is 6.92 Å². The van der Waals surface area contributed by atoms with Crippen molar-refractivity contribution in [2.75, 3.05) is 18.6 Å². The van der Waals surface area contributed by atoms with Gasteiger partial charge in [-0.25, -0.2) is 9.78 Å². The van der Waals surface area contributed by atoms with Crippen LogP contribution in [0, 0.1) is 6.92 Å². The topological polar surface area (TPSA) is 135 Å². The van der Waals surface area contributed by atoms with Gasteiger partial charge in [-0.05, 0) is 78.2 Å². The van der Waals surface area contributed by atoms with Gasteiger partial charge in [0.05, 0.1) is 35.5 Å². The Morgan fingerprint density at radius 1 is 1.27 bits per heavy atom. The predicted molar refractivity (Wildman–Crippen MR) is 150 cm³/mol. The quantitative estimate of drug-likeness (QED) is 0.166. The number of thiazole rings is 1. The number of hydrogen-bond donors (Lipinski definition) is 2. The Bertz CT molecular complexity index is 1600. The molecule has 208 valence electrons. The number of aliphatic hydroxyl groups is 1. The second-order valence-corrected chi connectivity index (χ2v) is 11.1. The number of rotatable bonds is 6. The molecule has 1 aromatic heterocycles. The number of hydrogen-bond acceptors (Lipinski definition) is 10. The van der Waals surface area contributed by atoms with Gasteiger partial charge in [-0.15, -0.1) is 0 Å². The van der Waals surface area contributed by atoms with Gasteiger partial charge < -0.3 is 24.4 Å². The van der Waals surface area contributed by atoms with Gasteiger partial charge in [0, 0.05) is 12.0 Å². The van der Waals surface area contributed by atoms with Crippen molar-refractivity contribution >= 4 is 55.8 Å². The number of phenolic OH excluding ortho intramolecular Hbond substituents is 1. The molecule has 2 atom stereocenters. The van der Waals surface area contributed by atoms with Crippen molar-refractivity contribution in [1.82, 2.24) is 4.98 Å². The van der Waals surface area contributed by atoms with Crippen LogP contribution < -0.4 is 14.4 Å². The first-order chi connectivity index (χ1) is 19.0. The molecule has 40 heavy (non-hydrogen) atoms. The summed E-state index contributed by atoms with van der Waals surface area (Å²) >= 11 is 4.21. The van der Waals surface area contributed by atoms with Crippen molar-refractivity contribution in [3.05, 3.63) is 67.6 Å². The smallest absolute Gasteiger partial charge is 0.350 e. The molecular formula is C28H25BrN2O8S. The maximum atomic E-state index is 13.6. The molecule has 12 heteroatoms. The number of phenols is 1. The molecule has 2 aliphatic rings. The number of halogens is 1. The van der Waals surface area contributed by atoms with Crippen molar-refractivity contribution in [2.24, 2.45) is 0 Å². The summed E-state index contributed by atoms with van der Waals surface area (Å²) in [5, 5.41) is 22.0. The highest BCUT2D eigenvalue weighted by Crippen LogP contribution is 2.47. The summed E-state index contributed by atoms with van der Waals surface area (Å²) in [6.07, 6.45) is 0.604. The van der Waals surface area contributed by atoms with Crippen LogP contribution in [0.2, 0.25) is 0 Å². The molecule has 0 aliphatic carbocycles. The third-order valence-electron chi connectivity index (χ3n) is 6.65. The van der Waals surface area contributed by atoms with E-state index >= 15 is 0 Å². The molecule has 1 amide bonds. The lowest BCUT2D eigenvalue weighted by atomic mass is 9.94. The zero-order valence-corrected chi connectivity index (χ0v) is 24.4. The minimum atomic E-state index is -1.16. The lowest BCUT2D eigenvalue weighted by molar-refractivity contribution is -0.132. The van der Waals surface area contributed by atoms with Gasteiger partial charge in [-0.3, -0.25) is 14.5 Å². The largest absolute Gasteiger partial charge is 0.507 e. The van der Waals surface area contributed by atoms with Crippen molar-refractivity contribution in [3.63, 3.8) is 0 Å². The first-order valence-electron chi connectivity index (χ1n) is 12.4. The maximum absolute atomic E-state index is 13.6. The number of aromatic nitrogens is 1. The summed E-state index contributed by atoms with van der Waals surface area (Å²) in [7, 11) is 1.37. The summed E-state index contributed by atoms with van der Waals surface area (Å²) in [4.78, 5) is 45.4. The van der Waals surface area contributed by atoms with E-state index in [-0.39, 0.29) is 50.0 Å². The normalized spacial score (nSPS) is 19.5. The Hall–Kier alpha value is -3.90. The molecule has 2 aromatic carbocycles. The molecule has 0 spiro atoms. The van der Waals surface area contributed by atoms with Gasteiger partial charge in [-0.1, -0.05) is 11.3 Å². The Morgan fingerprint density at radius 3 is 2.73 bits per heavy atom. The SMILES string of the molecule is CCOC(=O)c1sc(N2C(=O)C(=O)/C(=C(/O)c3ccc4c(c3)C[C@@H](C)O4)[C@H]2c2cc(Br)c(O)c(OC)c2)nc1C. The third-order valence-corrected chi connectivity index (χ3v) is 8.39. The number of aromatic hydroxyl groups is 1. The van der Waals surface area contributed by atoms with Crippen LogP contribution in [0.3, 0.4) is 0 Å². The Balaban J connectivity index is 1.72. The second-order valence-electron chi connectivity index (χ2n) is 9.31. The highest BCUT2D eigenvalue weighted by Gasteiger charge is 2.49. The standard InChI is InChI=1S/C28H25BrN2O8S/c1-5-38-27(36)25-13(3)30-28(40-25)31-21(16-10-17(29)23(33)19(11-16)37-4)20(24(34)26(31)35)22(32)14-6-7-18-15(9-14)8-12(2)39-18/h6-7,9-12,21,32-33H,5,8H2,1-4H3/b22-20+/t12-,21-/m1/s1. The number of anilines is 1. The van der Waals surface area contributed by atoms with Gasteiger partial charge in [-0.2, -0.15) is 0 Å². The zero-order valence-electron chi connectivity index (χ0n) is 22.0. The Labute approximate surface area is 241 Å². The van der Waals surface area contributed by atoms with Crippen molar-refractivity contribution < 1.29 is 38.8 Å². The monoisotopic (exact) mass is 628 g/mol. The fourth-order valence-electron chi connectivity index (χ4n) is 4.85. The van der Waals surface area contributed by atoms with Gasteiger partial charge in [0.25, 0.3) is 5.78 Å². The average molecular weight is 629 g/mol. The zero-order chi connectivity index (χ0) is 28.9. The molecule has 5 rings (SSSR count). The molecule has 2 N–H and O–H groups in total. The van der Waals surface area contributed by atoms with E-state index in [1.54, 1.807) is 32.0 Å². The number of ether oxygens (including phenoxy) is 3. The molecular weight excluding hydrogens is 604 g/mol. The number of aliphatic hydroxyl groups excluding tert-OH is 1. The summed E-state index contributed by atoms with van der Waals surface area (Å²) in [5.41, 5.74) is 1.71. The third kappa shape index (κ3) is 4.60. The Morgan fingerprint density at radius 2 is 2.02 bits per heavy atom. The van der Waals surface area contributed by atoms with Gasteiger partial charge >= 0.3 is 11.9 Å². The first-order valence-corrected chi connectivity index (χ1v) is 14.0. The van der Waals surface area contributed by atoms with Crippen LogP contribution in [0.5, 0.6) is 17.2 Å². The highest BCUT2D eigenvalue weighted by atomic mass is 79.9. The van der Waals surface area contributed by atoms with Crippen molar-refractivity contribution in [2.45, 2.75) is 39.3 Å². The van der Waals surface area contributed by atoms with Crippen LogP contribution in [0.15, 0.2) is 40.4 Å². The average Bonchev–Trinajstić information content (AvgIpc) is 3.57. The molecule has 3 aromatic rings. The van der Waals surface area contributed by atoms with E-state index in [2.05, 4.69) is 20.9 Å². The second kappa shape index (κ2) is 10.6. The van der Waals surface area contributed by atoms with Gasteiger partial charge in [0.1, 0.15) is 22.5 Å². The number of benzene rings is 2. The van der Waals surface area contributed by atoms with Crippen LogP contribution in [0.4, 0.5) is 5.13 Å². The van der Waals surface area contributed by atoms with E-state index in [9.17, 15) is 24.6 Å². The molecule has 10 nitrogen and oxygen atoms in total. The number of Topliss-reactive ketones (excluding diaryl/α,β-unsaturated/α-hetero) is 1. The predicted octanol–water partition coefficient (Wildman–Crippen LogP) is 5.05. The molecule has 0 saturated carbocycles. The van der Waals surface area contributed by atoms with Crippen LogP contribution in [0.25, 0.3) is 5.76 Å². The fraction of sp³-hybridized carbons (Fsp3) is 0.286. The molecule has 0 unspecified atom stereocenters. The molecule has 2 aliphatic heterocycles. The molecule has 0 bridgehead atoms. The number of carbonyl (C=O) groups is 3. The number of esters is 1. The minimum absolute atomic E-state index is 0.0264. The number of carbonyl (C=O) groups excluding carboxylic acids is 3. The lowest BCUT2D eigenvalue weighted by Gasteiger charge is -2.24. The highest BCUT2D eigenvalue weighted by molar-refractivity contribution is 9.10. The van der Waals surface area contributed by atoms with E-state index in [4.69, 9.17) is 14.2 Å². The van der Waals surface area contributed by atoms with Gasteiger partial charge in [0.2, 0.25) is 0 Å². The molecule has 3 heterocycles. The van der Waals surface area contributed by atoms with E-state index in [0.717, 1.165) is 21.8 Å². The fourth-order valence-corrected chi connectivity index (χ4v) is 6.30. The summed E-state index contributed by atoms with van der Waals surface area (Å²) in [5.74, 6) is -2.24. The first kappa shape index (κ1) is 27.7. The number of nitrogens with zero attached hydrogens (tertiary/aromatic N) is 2.